The number of aromatic nitrogens is 2. The predicted molar refractivity (Wildman–Crippen MR) is 82.6 cm³/mol. The van der Waals surface area contributed by atoms with Gasteiger partial charge >= 0.3 is 0 Å². The van der Waals surface area contributed by atoms with E-state index >= 15 is 0 Å². The summed E-state index contributed by atoms with van der Waals surface area (Å²) in [5, 5.41) is 4.18. The number of hydrogen-bond acceptors (Lipinski definition) is 6. The molecule has 5 rings (SSSR count). The average Bonchev–Trinajstić information content (AvgIpc) is 2.98. The molecular weight excluding hydrogens is 334 g/mol. The van der Waals surface area contributed by atoms with E-state index < -0.39 is 0 Å². The SMILES string of the molecule is Nc1cc(Br)ccc1-c1nc(C2CN3CCN2CC3)no1. The second-order valence-electron chi connectivity index (χ2n) is 5.54. The Bertz CT molecular complexity index is 665. The van der Waals surface area contributed by atoms with E-state index in [9.17, 15) is 0 Å². The molecule has 0 amide bonds. The second kappa shape index (κ2) is 5.08. The number of fused-ring (bicyclic) bond motifs is 3. The van der Waals surface area contributed by atoms with E-state index in [4.69, 9.17) is 10.3 Å². The van der Waals surface area contributed by atoms with Crippen LogP contribution in [0.25, 0.3) is 11.5 Å². The van der Waals surface area contributed by atoms with E-state index in [1.54, 1.807) is 0 Å². The van der Waals surface area contributed by atoms with Crippen LogP contribution in [0.1, 0.15) is 11.9 Å². The fourth-order valence-corrected chi connectivity index (χ4v) is 3.45. The number of nitrogens with two attached hydrogens (primary N) is 1. The van der Waals surface area contributed by atoms with E-state index in [1.165, 1.54) is 0 Å². The highest BCUT2D eigenvalue weighted by molar-refractivity contribution is 9.10. The molecule has 0 spiro atoms. The minimum atomic E-state index is 0.238. The third kappa shape index (κ3) is 2.35. The molecule has 1 aromatic heterocycles. The van der Waals surface area contributed by atoms with Crippen molar-refractivity contribution in [2.24, 2.45) is 0 Å². The van der Waals surface area contributed by atoms with Gasteiger partial charge in [0.15, 0.2) is 5.82 Å². The van der Waals surface area contributed by atoms with E-state index in [2.05, 4.69) is 35.9 Å². The Balaban J connectivity index is 1.64. The fourth-order valence-electron chi connectivity index (χ4n) is 3.07. The van der Waals surface area contributed by atoms with E-state index in [0.29, 0.717) is 11.6 Å². The minimum Gasteiger partial charge on any atom is -0.398 e. The van der Waals surface area contributed by atoms with Crippen LogP contribution >= 0.6 is 15.9 Å². The van der Waals surface area contributed by atoms with Gasteiger partial charge in [0.1, 0.15) is 0 Å². The molecule has 3 aliphatic rings. The lowest BCUT2D eigenvalue weighted by Gasteiger charge is -2.46. The smallest absolute Gasteiger partial charge is 0.260 e. The topological polar surface area (TPSA) is 71.4 Å². The van der Waals surface area contributed by atoms with Gasteiger partial charge in [0, 0.05) is 42.9 Å². The largest absolute Gasteiger partial charge is 0.398 e. The molecular formula is C14H16BrN5O. The highest BCUT2D eigenvalue weighted by Crippen LogP contribution is 2.31. The summed E-state index contributed by atoms with van der Waals surface area (Å²) in [5.41, 5.74) is 7.44. The number of nitrogens with zero attached hydrogens (tertiary/aromatic N) is 4. The molecule has 110 valence electrons. The monoisotopic (exact) mass is 349 g/mol. The molecule has 4 heterocycles. The van der Waals surface area contributed by atoms with Gasteiger partial charge in [0.25, 0.3) is 5.89 Å². The second-order valence-corrected chi connectivity index (χ2v) is 6.46. The first kappa shape index (κ1) is 13.2. The molecule has 2 aromatic rings. The van der Waals surface area contributed by atoms with Gasteiger partial charge in [-0.1, -0.05) is 21.1 Å². The summed E-state index contributed by atoms with van der Waals surface area (Å²) in [6, 6.07) is 5.90. The van der Waals surface area contributed by atoms with Gasteiger partial charge in [0.2, 0.25) is 0 Å². The Morgan fingerprint density at radius 1 is 1.24 bits per heavy atom. The number of halogens is 1. The van der Waals surface area contributed by atoms with Crippen LogP contribution in [-0.4, -0.2) is 52.7 Å². The molecule has 3 fully saturated rings. The van der Waals surface area contributed by atoms with E-state index in [0.717, 1.165) is 48.6 Å². The first-order valence-electron chi connectivity index (χ1n) is 7.06. The summed E-state index contributed by atoms with van der Waals surface area (Å²) in [7, 11) is 0. The van der Waals surface area contributed by atoms with Gasteiger partial charge in [-0.2, -0.15) is 4.98 Å². The maximum absolute atomic E-state index is 6.03. The van der Waals surface area contributed by atoms with Crippen molar-refractivity contribution in [2.75, 3.05) is 38.5 Å². The molecule has 7 heteroatoms. The van der Waals surface area contributed by atoms with Gasteiger partial charge < -0.3 is 10.3 Å². The molecule has 0 saturated carbocycles. The maximum atomic E-state index is 6.03. The van der Waals surface area contributed by atoms with Crippen LogP contribution in [0.3, 0.4) is 0 Å². The molecule has 1 aromatic carbocycles. The molecule has 0 radical (unpaired) electrons. The highest BCUT2D eigenvalue weighted by atomic mass is 79.9. The molecule has 0 aliphatic carbocycles. The van der Waals surface area contributed by atoms with Crippen LogP contribution in [0.2, 0.25) is 0 Å². The minimum absolute atomic E-state index is 0.238. The third-order valence-electron chi connectivity index (χ3n) is 4.26. The fraction of sp³-hybridized carbons (Fsp3) is 0.429. The Morgan fingerprint density at radius 3 is 2.71 bits per heavy atom. The van der Waals surface area contributed by atoms with Crippen molar-refractivity contribution in [2.45, 2.75) is 6.04 Å². The summed E-state index contributed by atoms with van der Waals surface area (Å²) in [5.74, 6) is 1.25. The molecule has 21 heavy (non-hydrogen) atoms. The Labute approximate surface area is 131 Å². The van der Waals surface area contributed by atoms with Crippen molar-refractivity contribution in [3.05, 3.63) is 28.5 Å². The van der Waals surface area contributed by atoms with Gasteiger partial charge in [-0.15, -0.1) is 0 Å². The maximum Gasteiger partial charge on any atom is 0.260 e. The van der Waals surface area contributed by atoms with Crippen molar-refractivity contribution in [3.8, 4) is 11.5 Å². The van der Waals surface area contributed by atoms with Crippen molar-refractivity contribution < 1.29 is 4.52 Å². The van der Waals surface area contributed by atoms with E-state index in [1.807, 2.05) is 18.2 Å². The van der Waals surface area contributed by atoms with Crippen molar-refractivity contribution in [1.82, 2.24) is 19.9 Å². The predicted octanol–water partition coefficient (Wildman–Crippen LogP) is 1.75. The molecule has 3 aliphatic heterocycles. The molecule has 1 atom stereocenters. The summed E-state index contributed by atoms with van der Waals surface area (Å²) in [6.45, 7) is 5.42. The number of anilines is 1. The average molecular weight is 350 g/mol. The quantitative estimate of drug-likeness (QED) is 0.833. The highest BCUT2D eigenvalue weighted by Gasteiger charge is 2.35. The molecule has 2 N–H and O–H groups in total. The Hall–Kier alpha value is -1.44. The lowest BCUT2D eigenvalue weighted by Crippen LogP contribution is -2.57. The van der Waals surface area contributed by atoms with Crippen LogP contribution in [0, 0.1) is 0 Å². The summed E-state index contributed by atoms with van der Waals surface area (Å²) in [6.07, 6.45) is 0. The molecule has 1 unspecified atom stereocenters. The zero-order valence-corrected chi connectivity index (χ0v) is 13.1. The Morgan fingerprint density at radius 2 is 2.05 bits per heavy atom. The number of rotatable bonds is 2. The summed E-state index contributed by atoms with van der Waals surface area (Å²) < 4.78 is 6.37. The molecule has 3 saturated heterocycles. The zero-order chi connectivity index (χ0) is 14.4. The van der Waals surface area contributed by atoms with Crippen LogP contribution in [0.15, 0.2) is 27.2 Å². The lowest BCUT2D eigenvalue weighted by molar-refractivity contribution is 0.00781. The molecule has 6 nitrogen and oxygen atoms in total. The van der Waals surface area contributed by atoms with Crippen LogP contribution in [0.4, 0.5) is 5.69 Å². The van der Waals surface area contributed by atoms with Crippen molar-refractivity contribution in [1.29, 1.82) is 0 Å². The summed E-state index contributed by atoms with van der Waals surface area (Å²) >= 11 is 3.40. The van der Waals surface area contributed by atoms with Gasteiger partial charge in [0.05, 0.1) is 11.6 Å². The van der Waals surface area contributed by atoms with Gasteiger partial charge in [-0.25, -0.2) is 0 Å². The third-order valence-corrected chi connectivity index (χ3v) is 4.76. The first-order chi connectivity index (χ1) is 10.2. The van der Waals surface area contributed by atoms with Crippen LogP contribution in [-0.2, 0) is 0 Å². The number of piperazine rings is 3. The van der Waals surface area contributed by atoms with Crippen molar-refractivity contribution in [3.63, 3.8) is 0 Å². The standard InChI is InChI=1S/C14H16BrN5O/c15-9-1-2-10(11(16)7-9)14-17-13(18-21-14)12-8-19-3-5-20(12)6-4-19/h1-2,7,12H,3-6,8,16H2. The Kier molecular flexibility index (Phi) is 3.20. The lowest BCUT2D eigenvalue weighted by atomic mass is 10.1. The number of benzene rings is 1. The van der Waals surface area contributed by atoms with Crippen LogP contribution in [0.5, 0.6) is 0 Å². The van der Waals surface area contributed by atoms with Crippen LogP contribution < -0.4 is 5.73 Å². The number of hydrogen-bond donors (Lipinski definition) is 1. The number of nitrogen functional groups attached to an aromatic ring is 1. The van der Waals surface area contributed by atoms with Gasteiger partial charge in [-0.3, -0.25) is 9.80 Å². The van der Waals surface area contributed by atoms with Crippen molar-refractivity contribution >= 4 is 21.6 Å². The van der Waals surface area contributed by atoms with Gasteiger partial charge in [-0.05, 0) is 18.2 Å². The normalized spacial score (nSPS) is 28.0. The van der Waals surface area contributed by atoms with E-state index in [-0.39, 0.29) is 6.04 Å². The summed E-state index contributed by atoms with van der Waals surface area (Å²) in [4.78, 5) is 9.46. The molecule has 2 bridgehead atoms. The zero-order valence-electron chi connectivity index (χ0n) is 11.5. The first-order valence-corrected chi connectivity index (χ1v) is 7.85.